The smallest absolute Gasteiger partial charge is 0.0956 e. The highest BCUT2D eigenvalue weighted by atomic mass is 32.1. The van der Waals surface area contributed by atoms with Crippen molar-refractivity contribution in [2.45, 2.75) is 19.3 Å². The van der Waals surface area contributed by atoms with E-state index in [1.807, 2.05) is 11.3 Å². The maximum atomic E-state index is 5.56. The van der Waals surface area contributed by atoms with Gasteiger partial charge in [0.2, 0.25) is 0 Å². The predicted molar refractivity (Wildman–Crippen MR) is 184 cm³/mol. The standard InChI is InChI=1S/C40H28N2S/c1-40(2)29-17-7-9-19-31(29)42(32-20-10-8-18-30(32)40)33-21-12-16-27-36-28(38(41-39(27)33)25-13-4-3-5-14-25)23-24-35-37(36)26-15-6-11-22-34(26)43-35/h3-24H,1-2H3. The monoisotopic (exact) mass is 568 g/mol. The van der Waals surface area contributed by atoms with Crippen LogP contribution in [0.2, 0.25) is 0 Å². The molecule has 0 N–H and O–H groups in total. The van der Waals surface area contributed by atoms with Crippen molar-refractivity contribution >= 4 is 70.2 Å². The van der Waals surface area contributed by atoms with Crippen molar-refractivity contribution in [2.24, 2.45) is 0 Å². The van der Waals surface area contributed by atoms with E-state index in [4.69, 9.17) is 4.98 Å². The van der Waals surface area contributed by atoms with Crippen molar-refractivity contribution in [2.75, 3.05) is 4.90 Å². The summed E-state index contributed by atoms with van der Waals surface area (Å²) in [5, 5.41) is 6.27. The van der Waals surface area contributed by atoms with Crippen LogP contribution in [-0.4, -0.2) is 4.98 Å². The summed E-state index contributed by atoms with van der Waals surface area (Å²) in [6.07, 6.45) is 0. The third-order valence-electron chi connectivity index (χ3n) is 9.23. The van der Waals surface area contributed by atoms with Crippen LogP contribution in [-0.2, 0) is 5.41 Å². The highest BCUT2D eigenvalue weighted by Crippen LogP contribution is 2.53. The van der Waals surface area contributed by atoms with E-state index in [1.165, 1.54) is 58.8 Å². The largest absolute Gasteiger partial charge is 0.308 e. The molecule has 0 radical (unpaired) electrons. The van der Waals surface area contributed by atoms with Gasteiger partial charge in [-0.25, -0.2) is 4.98 Å². The van der Waals surface area contributed by atoms with Gasteiger partial charge in [0, 0.05) is 47.3 Å². The second kappa shape index (κ2) is 9.00. The number of nitrogens with zero attached hydrogens (tertiary/aromatic N) is 2. The highest BCUT2D eigenvalue weighted by Gasteiger charge is 2.37. The van der Waals surface area contributed by atoms with Gasteiger partial charge in [-0.3, -0.25) is 0 Å². The highest BCUT2D eigenvalue weighted by molar-refractivity contribution is 7.26. The van der Waals surface area contributed by atoms with Gasteiger partial charge in [-0.2, -0.15) is 0 Å². The zero-order valence-electron chi connectivity index (χ0n) is 24.0. The van der Waals surface area contributed by atoms with E-state index in [1.54, 1.807) is 0 Å². The Morgan fingerprint density at radius 3 is 1.91 bits per heavy atom. The van der Waals surface area contributed by atoms with E-state index in [9.17, 15) is 0 Å². The molecule has 0 atom stereocenters. The molecule has 3 heterocycles. The van der Waals surface area contributed by atoms with Crippen LogP contribution < -0.4 is 4.90 Å². The van der Waals surface area contributed by atoms with Gasteiger partial charge in [-0.15, -0.1) is 11.3 Å². The molecule has 43 heavy (non-hydrogen) atoms. The summed E-state index contributed by atoms with van der Waals surface area (Å²) < 4.78 is 2.62. The Labute approximate surface area is 254 Å². The molecule has 9 rings (SSSR count). The van der Waals surface area contributed by atoms with Crippen LogP contribution in [0.3, 0.4) is 0 Å². The lowest BCUT2D eigenvalue weighted by Crippen LogP contribution is -2.30. The van der Waals surface area contributed by atoms with Gasteiger partial charge in [-0.1, -0.05) is 117 Å². The second-order valence-electron chi connectivity index (χ2n) is 12.0. The minimum atomic E-state index is -0.120. The van der Waals surface area contributed by atoms with Crippen LogP contribution in [0.25, 0.3) is 53.1 Å². The normalized spacial score (nSPS) is 14.0. The van der Waals surface area contributed by atoms with E-state index in [2.05, 4.69) is 152 Å². The number of fused-ring (bicyclic) bond motifs is 9. The fourth-order valence-electron chi connectivity index (χ4n) is 7.24. The molecule has 0 saturated carbocycles. The molecule has 6 aromatic carbocycles. The van der Waals surface area contributed by atoms with E-state index >= 15 is 0 Å². The molecule has 0 amide bonds. The van der Waals surface area contributed by atoms with Crippen LogP contribution >= 0.6 is 11.3 Å². The first kappa shape index (κ1) is 24.6. The minimum absolute atomic E-state index is 0.120. The molecule has 0 spiro atoms. The fourth-order valence-corrected chi connectivity index (χ4v) is 8.36. The maximum Gasteiger partial charge on any atom is 0.0956 e. The first-order valence-corrected chi connectivity index (χ1v) is 15.6. The molecule has 0 bridgehead atoms. The number of benzene rings is 6. The summed E-state index contributed by atoms with van der Waals surface area (Å²) in [5.74, 6) is 0. The van der Waals surface area contributed by atoms with E-state index in [0.29, 0.717) is 0 Å². The van der Waals surface area contributed by atoms with E-state index < -0.39 is 0 Å². The molecule has 8 aromatic rings. The number of thiophene rings is 1. The van der Waals surface area contributed by atoms with Gasteiger partial charge in [0.05, 0.1) is 28.3 Å². The van der Waals surface area contributed by atoms with Crippen LogP contribution in [0.4, 0.5) is 17.1 Å². The van der Waals surface area contributed by atoms with Crippen LogP contribution in [0, 0.1) is 0 Å². The fraction of sp³-hybridized carbons (Fsp3) is 0.0750. The number of rotatable bonds is 2. The summed E-state index contributed by atoms with van der Waals surface area (Å²) in [6.45, 7) is 4.67. The van der Waals surface area contributed by atoms with Crippen LogP contribution in [0.1, 0.15) is 25.0 Å². The Morgan fingerprint density at radius 2 is 1.14 bits per heavy atom. The Hall–Kier alpha value is -4.99. The number of aromatic nitrogens is 1. The molecule has 2 aromatic heterocycles. The van der Waals surface area contributed by atoms with Gasteiger partial charge in [0.1, 0.15) is 0 Å². The number of para-hydroxylation sites is 3. The Kier molecular flexibility index (Phi) is 5.15. The SMILES string of the molecule is CC1(C)c2ccccc2N(c2cccc3c2nc(-c2ccccc2)c2ccc4sc5ccccc5c4c23)c2ccccc21. The zero-order chi connectivity index (χ0) is 28.7. The molecule has 0 fully saturated rings. The summed E-state index contributed by atoms with van der Waals surface area (Å²) in [6, 6.07) is 48.4. The van der Waals surface area contributed by atoms with Gasteiger partial charge < -0.3 is 4.90 Å². The third-order valence-corrected chi connectivity index (χ3v) is 10.4. The Morgan fingerprint density at radius 1 is 0.512 bits per heavy atom. The van der Waals surface area contributed by atoms with Gasteiger partial charge in [0.25, 0.3) is 0 Å². The molecular formula is C40H28N2S. The summed E-state index contributed by atoms with van der Waals surface area (Å²) >= 11 is 1.87. The Balaban J connectivity index is 1.47. The lowest BCUT2D eigenvalue weighted by Gasteiger charge is -2.42. The van der Waals surface area contributed by atoms with Gasteiger partial charge in [-0.05, 0) is 41.5 Å². The second-order valence-corrected chi connectivity index (χ2v) is 13.0. The summed E-state index contributed by atoms with van der Waals surface area (Å²) in [4.78, 5) is 8.01. The van der Waals surface area contributed by atoms with E-state index in [-0.39, 0.29) is 5.41 Å². The summed E-state index contributed by atoms with van der Waals surface area (Å²) in [7, 11) is 0. The van der Waals surface area contributed by atoms with Crippen molar-refractivity contribution in [1.82, 2.24) is 4.98 Å². The van der Waals surface area contributed by atoms with Crippen LogP contribution in [0.15, 0.2) is 133 Å². The number of hydrogen-bond acceptors (Lipinski definition) is 3. The first-order valence-electron chi connectivity index (χ1n) is 14.8. The average Bonchev–Trinajstić information content (AvgIpc) is 3.44. The van der Waals surface area contributed by atoms with Crippen LogP contribution in [0.5, 0.6) is 0 Å². The molecule has 0 aliphatic carbocycles. The maximum absolute atomic E-state index is 5.56. The minimum Gasteiger partial charge on any atom is -0.308 e. The number of pyridine rings is 1. The molecule has 2 nitrogen and oxygen atoms in total. The lowest BCUT2D eigenvalue weighted by molar-refractivity contribution is 0.632. The van der Waals surface area contributed by atoms with Crippen molar-refractivity contribution in [1.29, 1.82) is 0 Å². The average molecular weight is 569 g/mol. The predicted octanol–water partition coefficient (Wildman–Crippen LogP) is 11.5. The molecule has 0 saturated heterocycles. The Bertz CT molecular complexity index is 2330. The number of hydrogen-bond donors (Lipinski definition) is 0. The molecule has 1 aliphatic heterocycles. The molecular weight excluding hydrogens is 541 g/mol. The van der Waals surface area contributed by atoms with Gasteiger partial charge in [0.15, 0.2) is 0 Å². The molecule has 1 aliphatic rings. The first-order chi connectivity index (χ1) is 21.1. The van der Waals surface area contributed by atoms with Gasteiger partial charge >= 0.3 is 0 Å². The number of anilines is 3. The molecule has 204 valence electrons. The topological polar surface area (TPSA) is 16.1 Å². The summed E-state index contributed by atoms with van der Waals surface area (Å²) in [5.41, 5.74) is 9.20. The zero-order valence-corrected chi connectivity index (χ0v) is 24.8. The molecule has 3 heteroatoms. The lowest BCUT2D eigenvalue weighted by atomic mass is 9.73. The van der Waals surface area contributed by atoms with Crippen molar-refractivity contribution in [3.63, 3.8) is 0 Å². The third kappa shape index (κ3) is 3.43. The molecule has 0 unspecified atom stereocenters. The van der Waals surface area contributed by atoms with Crippen molar-refractivity contribution in [3.8, 4) is 11.3 Å². The van der Waals surface area contributed by atoms with Crippen molar-refractivity contribution in [3.05, 3.63) is 145 Å². The quantitative estimate of drug-likeness (QED) is 0.193. The van der Waals surface area contributed by atoms with E-state index in [0.717, 1.165) is 22.5 Å². The van der Waals surface area contributed by atoms with Crippen molar-refractivity contribution < 1.29 is 0 Å².